The Bertz CT molecular complexity index is 482. The second-order valence-electron chi connectivity index (χ2n) is 8.60. The minimum absolute atomic E-state index is 0.167. The van der Waals surface area contributed by atoms with Gasteiger partial charge in [0.25, 0.3) is 0 Å². The molecule has 1 aliphatic carbocycles. The van der Waals surface area contributed by atoms with Gasteiger partial charge in [-0.3, -0.25) is 4.79 Å². The van der Waals surface area contributed by atoms with Crippen LogP contribution in [0.2, 0.25) is 0 Å². The van der Waals surface area contributed by atoms with E-state index in [1.165, 1.54) is 64.2 Å². The zero-order chi connectivity index (χ0) is 20.5. The molecule has 1 fully saturated rings. The van der Waals surface area contributed by atoms with E-state index in [-0.39, 0.29) is 5.92 Å². The number of hydrogen-bond donors (Lipinski definition) is 1. The van der Waals surface area contributed by atoms with Crippen LogP contribution in [0.25, 0.3) is 0 Å². The third-order valence-electron chi connectivity index (χ3n) is 6.14. The van der Waals surface area contributed by atoms with Gasteiger partial charge in [-0.1, -0.05) is 83.3 Å². The average Bonchev–Trinajstić information content (AvgIpc) is 3.13. The fourth-order valence-electron chi connectivity index (χ4n) is 4.25. The SMILES string of the molecule is CCCCCCC#C[C@H]1CCC[C@@H]1CC=CCCC(CCCCCC)C(=O)O. The maximum atomic E-state index is 11.4. The smallest absolute Gasteiger partial charge is 0.306 e. The standard InChI is InChI=1S/C26H44O2/c1-3-5-7-9-10-13-17-23-21-16-22-24(23)18-14-11-15-20-25(26(27)28)19-12-8-6-4-2/h11,14,23-25H,3-10,12,15-16,18-22H2,1-2H3,(H,27,28)/t23-,24-,25?/m0/s1. The van der Waals surface area contributed by atoms with Crippen LogP contribution < -0.4 is 0 Å². The highest BCUT2D eigenvalue weighted by molar-refractivity contribution is 5.69. The van der Waals surface area contributed by atoms with Crippen LogP contribution in [0.15, 0.2) is 12.2 Å². The van der Waals surface area contributed by atoms with Gasteiger partial charge in [-0.15, -0.1) is 5.92 Å². The second kappa shape index (κ2) is 16.7. The molecule has 0 aliphatic heterocycles. The lowest BCUT2D eigenvalue weighted by Crippen LogP contribution is -2.13. The molecule has 1 aliphatic rings. The number of carboxylic acid groups (broad SMARTS) is 1. The highest BCUT2D eigenvalue weighted by Crippen LogP contribution is 2.34. The lowest BCUT2D eigenvalue weighted by molar-refractivity contribution is -0.142. The second-order valence-corrected chi connectivity index (χ2v) is 8.60. The highest BCUT2D eigenvalue weighted by atomic mass is 16.4. The molecule has 1 rings (SSSR count). The van der Waals surface area contributed by atoms with Crippen LogP contribution >= 0.6 is 0 Å². The highest BCUT2D eigenvalue weighted by Gasteiger charge is 2.24. The topological polar surface area (TPSA) is 37.3 Å². The number of aliphatic carboxylic acids is 1. The Labute approximate surface area is 174 Å². The summed E-state index contributed by atoms with van der Waals surface area (Å²) in [4.78, 5) is 11.4. The van der Waals surface area contributed by atoms with Crippen molar-refractivity contribution in [1.29, 1.82) is 0 Å². The van der Waals surface area contributed by atoms with Crippen molar-refractivity contribution in [2.24, 2.45) is 17.8 Å². The molecule has 0 radical (unpaired) electrons. The Morgan fingerprint density at radius 3 is 2.46 bits per heavy atom. The minimum Gasteiger partial charge on any atom is -0.481 e. The fraction of sp³-hybridized carbons (Fsp3) is 0.808. The fourth-order valence-corrected chi connectivity index (χ4v) is 4.25. The van der Waals surface area contributed by atoms with Crippen LogP contribution in [0.3, 0.4) is 0 Å². The lowest BCUT2D eigenvalue weighted by atomic mass is 9.92. The maximum Gasteiger partial charge on any atom is 0.306 e. The van der Waals surface area contributed by atoms with Gasteiger partial charge in [-0.25, -0.2) is 0 Å². The maximum absolute atomic E-state index is 11.4. The molecule has 0 aromatic carbocycles. The first-order chi connectivity index (χ1) is 13.7. The number of carbonyl (C=O) groups is 1. The monoisotopic (exact) mass is 388 g/mol. The van der Waals surface area contributed by atoms with E-state index in [0.29, 0.717) is 11.8 Å². The van der Waals surface area contributed by atoms with Gasteiger partial charge >= 0.3 is 5.97 Å². The normalized spacial score (nSPS) is 20.2. The van der Waals surface area contributed by atoms with Crippen molar-refractivity contribution in [3.05, 3.63) is 12.2 Å². The molecule has 0 aromatic rings. The zero-order valence-corrected chi connectivity index (χ0v) is 18.6. The Hall–Kier alpha value is -1.23. The largest absolute Gasteiger partial charge is 0.481 e. The van der Waals surface area contributed by atoms with Crippen LogP contribution in [0.1, 0.15) is 117 Å². The van der Waals surface area contributed by atoms with E-state index in [0.717, 1.165) is 38.5 Å². The third kappa shape index (κ3) is 11.6. The summed E-state index contributed by atoms with van der Waals surface area (Å²) < 4.78 is 0. The number of rotatable bonds is 15. The zero-order valence-electron chi connectivity index (χ0n) is 18.6. The molecule has 1 N–H and O–H groups in total. The van der Waals surface area contributed by atoms with Gasteiger partial charge in [0.05, 0.1) is 5.92 Å². The van der Waals surface area contributed by atoms with E-state index in [1.54, 1.807) is 0 Å². The number of carboxylic acids is 1. The summed E-state index contributed by atoms with van der Waals surface area (Å²) in [5.41, 5.74) is 0. The molecule has 2 heteroatoms. The van der Waals surface area contributed by atoms with Gasteiger partial charge in [0, 0.05) is 12.3 Å². The number of unbranched alkanes of at least 4 members (excludes halogenated alkanes) is 7. The third-order valence-corrected chi connectivity index (χ3v) is 6.14. The van der Waals surface area contributed by atoms with E-state index in [2.05, 4.69) is 37.8 Å². The van der Waals surface area contributed by atoms with Crippen molar-refractivity contribution in [3.63, 3.8) is 0 Å². The van der Waals surface area contributed by atoms with Crippen molar-refractivity contribution < 1.29 is 9.90 Å². The lowest BCUT2D eigenvalue weighted by Gasteiger charge is -2.12. The minimum atomic E-state index is -0.616. The van der Waals surface area contributed by atoms with Crippen LogP contribution in [-0.4, -0.2) is 11.1 Å². The van der Waals surface area contributed by atoms with Gasteiger partial charge in [0.2, 0.25) is 0 Å². The molecule has 0 heterocycles. The van der Waals surface area contributed by atoms with E-state index in [1.807, 2.05) is 0 Å². The molecule has 1 unspecified atom stereocenters. The Morgan fingerprint density at radius 2 is 1.75 bits per heavy atom. The van der Waals surface area contributed by atoms with Gasteiger partial charge in [0.1, 0.15) is 0 Å². The van der Waals surface area contributed by atoms with Crippen molar-refractivity contribution in [1.82, 2.24) is 0 Å². The first-order valence-electron chi connectivity index (χ1n) is 12.0. The summed E-state index contributed by atoms with van der Waals surface area (Å²) in [5.74, 6) is 7.50. The van der Waals surface area contributed by atoms with Gasteiger partial charge in [0.15, 0.2) is 0 Å². The Kier molecular flexibility index (Phi) is 14.8. The van der Waals surface area contributed by atoms with Gasteiger partial charge in [-0.2, -0.15) is 0 Å². The van der Waals surface area contributed by atoms with E-state index in [4.69, 9.17) is 0 Å². The van der Waals surface area contributed by atoms with Gasteiger partial charge < -0.3 is 5.11 Å². The van der Waals surface area contributed by atoms with E-state index < -0.39 is 5.97 Å². The predicted molar refractivity (Wildman–Crippen MR) is 120 cm³/mol. The Balaban J connectivity index is 2.25. The summed E-state index contributed by atoms with van der Waals surface area (Å²) in [6, 6.07) is 0. The summed E-state index contributed by atoms with van der Waals surface area (Å²) in [6.45, 7) is 4.44. The van der Waals surface area contributed by atoms with Crippen LogP contribution in [0, 0.1) is 29.6 Å². The molecule has 0 saturated heterocycles. The first-order valence-corrected chi connectivity index (χ1v) is 12.0. The van der Waals surface area contributed by atoms with Crippen LogP contribution in [0.4, 0.5) is 0 Å². The van der Waals surface area contributed by atoms with Crippen molar-refractivity contribution in [2.75, 3.05) is 0 Å². The molecule has 0 spiro atoms. The van der Waals surface area contributed by atoms with Crippen molar-refractivity contribution >= 4 is 5.97 Å². The molecule has 0 bridgehead atoms. The molecular weight excluding hydrogens is 344 g/mol. The summed E-state index contributed by atoms with van der Waals surface area (Å²) >= 11 is 0. The molecule has 0 aromatic heterocycles. The predicted octanol–water partition coefficient (Wildman–Crippen LogP) is 7.77. The quantitative estimate of drug-likeness (QED) is 0.177. The molecule has 28 heavy (non-hydrogen) atoms. The molecule has 0 amide bonds. The van der Waals surface area contributed by atoms with Crippen LogP contribution in [-0.2, 0) is 4.79 Å². The summed E-state index contributed by atoms with van der Waals surface area (Å²) in [7, 11) is 0. The Morgan fingerprint density at radius 1 is 1.00 bits per heavy atom. The summed E-state index contributed by atoms with van der Waals surface area (Å²) in [6.07, 6.45) is 22.9. The van der Waals surface area contributed by atoms with Crippen molar-refractivity contribution in [2.45, 2.75) is 117 Å². The van der Waals surface area contributed by atoms with Crippen molar-refractivity contribution in [3.8, 4) is 11.8 Å². The molecule has 3 atom stereocenters. The number of allylic oxidation sites excluding steroid dienone is 2. The van der Waals surface area contributed by atoms with Gasteiger partial charge in [-0.05, 0) is 50.9 Å². The molecule has 2 nitrogen and oxygen atoms in total. The van der Waals surface area contributed by atoms with E-state index in [9.17, 15) is 9.90 Å². The summed E-state index contributed by atoms with van der Waals surface area (Å²) in [5, 5.41) is 9.40. The first kappa shape index (κ1) is 24.8. The average molecular weight is 389 g/mol. The molecular formula is C26H44O2. The molecule has 1 saturated carbocycles. The van der Waals surface area contributed by atoms with Crippen LogP contribution in [0.5, 0.6) is 0 Å². The van der Waals surface area contributed by atoms with E-state index >= 15 is 0 Å². The molecule has 160 valence electrons. The number of hydrogen-bond acceptors (Lipinski definition) is 1.